The van der Waals surface area contributed by atoms with E-state index in [1.807, 2.05) is 60.5 Å². The van der Waals surface area contributed by atoms with Crippen LogP contribution in [0.3, 0.4) is 0 Å². The Morgan fingerprint density at radius 2 is 1.93 bits per heavy atom. The van der Waals surface area contributed by atoms with Gasteiger partial charge in [-0.25, -0.2) is 4.79 Å². The number of aromatic nitrogens is 1. The molecule has 0 radical (unpaired) electrons. The maximum atomic E-state index is 12.9. The SMILES string of the molecule is C[C@H]1c2cccn2CCN1CC(=O)NN1C(=O)N[C@](C)(CCc2ccccc2)C1=O. The van der Waals surface area contributed by atoms with Crippen LogP contribution < -0.4 is 10.7 Å². The van der Waals surface area contributed by atoms with Gasteiger partial charge < -0.3 is 9.88 Å². The first-order chi connectivity index (χ1) is 14.4. The summed E-state index contributed by atoms with van der Waals surface area (Å²) in [5, 5.41) is 3.56. The molecule has 0 saturated carbocycles. The second-order valence-electron chi connectivity index (χ2n) is 8.20. The van der Waals surface area contributed by atoms with E-state index in [9.17, 15) is 14.4 Å². The lowest BCUT2D eigenvalue weighted by atomic mass is 9.93. The van der Waals surface area contributed by atoms with Crippen LogP contribution in [0.25, 0.3) is 0 Å². The fraction of sp³-hybridized carbons (Fsp3) is 0.409. The van der Waals surface area contributed by atoms with E-state index >= 15 is 0 Å². The molecule has 30 heavy (non-hydrogen) atoms. The van der Waals surface area contributed by atoms with E-state index in [1.165, 1.54) is 0 Å². The number of imide groups is 1. The second-order valence-corrected chi connectivity index (χ2v) is 8.20. The van der Waals surface area contributed by atoms with Gasteiger partial charge in [-0.3, -0.25) is 19.9 Å². The lowest BCUT2D eigenvalue weighted by Gasteiger charge is -2.34. The first kappa shape index (κ1) is 20.2. The highest BCUT2D eigenvalue weighted by atomic mass is 16.2. The lowest BCUT2D eigenvalue weighted by Crippen LogP contribution is -2.52. The molecule has 8 nitrogen and oxygen atoms in total. The number of carbonyl (C=O) groups excluding carboxylic acids is 3. The number of nitrogens with zero attached hydrogens (tertiary/aromatic N) is 3. The average Bonchev–Trinajstić information content (AvgIpc) is 3.29. The van der Waals surface area contributed by atoms with Crippen molar-refractivity contribution in [2.45, 2.75) is 44.8 Å². The number of amides is 4. The Morgan fingerprint density at radius 3 is 2.70 bits per heavy atom. The van der Waals surface area contributed by atoms with Crippen LogP contribution in [-0.2, 0) is 22.6 Å². The zero-order chi connectivity index (χ0) is 21.3. The molecule has 158 valence electrons. The molecule has 4 amide bonds. The predicted octanol–water partition coefficient (Wildman–Crippen LogP) is 1.84. The van der Waals surface area contributed by atoms with Crippen molar-refractivity contribution >= 4 is 17.8 Å². The smallest absolute Gasteiger partial charge is 0.344 e. The van der Waals surface area contributed by atoms with Gasteiger partial charge >= 0.3 is 6.03 Å². The first-order valence-electron chi connectivity index (χ1n) is 10.3. The number of benzene rings is 1. The Morgan fingerprint density at radius 1 is 1.17 bits per heavy atom. The summed E-state index contributed by atoms with van der Waals surface area (Å²) < 4.78 is 2.18. The van der Waals surface area contributed by atoms with Crippen molar-refractivity contribution in [2.75, 3.05) is 13.1 Å². The molecule has 1 fully saturated rings. The van der Waals surface area contributed by atoms with Crippen LogP contribution in [0.1, 0.15) is 37.6 Å². The van der Waals surface area contributed by atoms with E-state index in [0.29, 0.717) is 12.8 Å². The van der Waals surface area contributed by atoms with Gasteiger partial charge in [-0.2, -0.15) is 5.01 Å². The third-order valence-corrected chi connectivity index (χ3v) is 6.07. The maximum Gasteiger partial charge on any atom is 0.344 e. The third-order valence-electron chi connectivity index (χ3n) is 6.07. The molecule has 0 bridgehead atoms. The molecule has 2 N–H and O–H groups in total. The molecule has 3 heterocycles. The van der Waals surface area contributed by atoms with Gasteiger partial charge in [0, 0.05) is 31.0 Å². The molecule has 0 aliphatic carbocycles. The zero-order valence-electron chi connectivity index (χ0n) is 17.3. The Bertz CT molecular complexity index is 957. The number of hydrazine groups is 1. The van der Waals surface area contributed by atoms with Crippen LogP contribution >= 0.6 is 0 Å². The molecular weight excluding hydrogens is 382 g/mol. The normalized spacial score (nSPS) is 23.9. The van der Waals surface area contributed by atoms with Gasteiger partial charge in [-0.15, -0.1) is 0 Å². The molecule has 4 rings (SSSR count). The largest absolute Gasteiger partial charge is 0.349 e. The minimum atomic E-state index is -1.04. The molecule has 1 saturated heterocycles. The number of urea groups is 1. The minimum absolute atomic E-state index is 0.0822. The summed E-state index contributed by atoms with van der Waals surface area (Å²) >= 11 is 0. The molecule has 2 atom stereocenters. The van der Waals surface area contributed by atoms with Crippen LogP contribution in [-0.4, -0.2) is 50.9 Å². The summed E-state index contributed by atoms with van der Waals surface area (Å²) in [7, 11) is 0. The van der Waals surface area contributed by atoms with Crippen molar-refractivity contribution in [3.8, 4) is 0 Å². The Kier molecular flexibility index (Phi) is 5.34. The van der Waals surface area contributed by atoms with E-state index in [2.05, 4.69) is 15.3 Å². The van der Waals surface area contributed by atoms with Crippen LogP contribution in [0.5, 0.6) is 0 Å². The molecule has 1 aromatic heterocycles. The fourth-order valence-corrected chi connectivity index (χ4v) is 4.18. The highest BCUT2D eigenvalue weighted by Gasteiger charge is 2.48. The maximum absolute atomic E-state index is 12.9. The first-order valence-corrected chi connectivity index (χ1v) is 10.3. The van der Waals surface area contributed by atoms with Crippen molar-refractivity contribution in [3.63, 3.8) is 0 Å². The molecule has 2 aromatic rings. The highest BCUT2D eigenvalue weighted by Crippen LogP contribution is 2.25. The molecule has 2 aliphatic rings. The van der Waals surface area contributed by atoms with Crippen molar-refractivity contribution in [3.05, 3.63) is 59.9 Å². The predicted molar refractivity (Wildman–Crippen MR) is 111 cm³/mol. The number of rotatable bonds is 6. The van der Waals surface area contributed by atoms with Gasteiger partial charge in [-0.05, 0) is 44.4 Å². The van der Waals surface area contributed by atoms with E-state index in [-0.39, 0.29) is 18.5 Å². The molecular formula is C22H27N5O3. The molecule has 2 aliphatic heterocycles. The summed E-state index contributed by atoms with van der Waals surface area (Å²) in [4.78, 5) is 39.9. The van der Waals surface area contributed by atoms with Gasteiger partial charge in [0.15, 0.2) is 0 Å². The standard InChI is InChI=1S/C22H27N5O3/c1-16-18-9-6-12-25(18)13-14-26(16)15-19(28)24-27-20(29)22(2,23-21(27)30)11-10-17-7-4-3-5-8-17/h3-9,12,16H,10-11,13-15H2,1-2H3,(H,23,30)(H,24,28)/t16-,22+/m0/s1. The third kappa shape index (κ3) is 3.82. The summed E-state index contributed by atoms with van der Waals surface area (Å²) in [5.74, 6) is -0.810. The lowest BCUT2D eigenvalue weighted by molar-refractivity contribution is -0.139. The van der Waals surface area contributed by atoms with Gasteiger partial charge in [0.1, 0.15) is 5.54 Å². The minimum Gasteiger partial charge on any atom is -0.349 e. The van der Waals surface area contributed by atoms with Gasteiger partial charge in [0.05, 0.1) is 6.54 Å². The Balaban J connectivity index is 1.35. The summed E-state index contributed by atoms with van der Waals surface area (Å²) in [5.41, 5.74) is 3.70. The number of aryl methyl sites for hydroxylation is 1. The van der Waals surface area contributed by atoms with E-state index in [4.69, 9.17) is 0 Å². The second kappa shape index (κ2) is 7.95. The Hall–Kier alpha value is -3.13. The number of fused-ring (bicyclic) bond motifs is 1. The van der Waals surface area contributed by atoms with Crippen LogP contribution in [0.15, 0.2) is 48.7 Å². The van der Waals surface area contributed by atoms with Gasteiger partial charge in [0.2, 0.25) is 0 Å². The van der Waals surface area contributed by atoms with Crippen LogP contribution in [0.4, 0.5) is 4.79 Å². The van der Waals surface area contributed by atoms with Crippen molar-refractivity contribution in [1.29, 1.82) is 0 Å². The summed E-state index contributed by atoms with van der Waals surface area (Å²) in [6, 6.07) is 13.3. The van der Waals surface area contributed by atoms with Gasteiger partial charge in [-0.1, -0.05) is 30.3 Å². The quantitative estimate of drug-likeness (QED) is 0.713. The Labute approximate surface area is 175 Å². The monoisotopic (exact) mass is 409 g/mol. The molecule has 1 aromatic carbocycles. The number of carbonyl (C=O) groups is 3. The number of hydrogen-bond acceptors (Lipinski definition) is 4. The van der Waals surface area contributed by atoms with Gasteiger partial charge in [0.25, 0.3) is 11.8 Å². The fourth-order valence-electron chi connectivity index (χ4n) is 4.18. The van der Waals surface area contributed by atoms with Crippen molar-refractivity contribution in [1.82, 2.24) is 25.2 Å². The molecule has 8 heteroatoms. The van der Waals surface area contributed by atoms with E-state index in [1.54, 1.807) is 6.92 Å². The van der Waals surface area contributed by atoms with E-state index in [0.717, 1.165) is 29.4 Å². The van der Waals surface area contributed by atoms with Crippen molar-refractivity contribution < 1.29 is 14.4 Å². The van der Waals surface area contributed by atoms with E-state index < -0.39 is 17.5 Å². The topological polar surface area (TPSA) is 86.7 Å². The summed E-state index contributed by atoms with van der Waals surface area (Å²) in [6.45, 7) is 5.39. The molecule has 0 spiro atoms. The average molecular weight is 409 g/mol. The van der Waals surface area contributed by atoms with Crippen LogP contribution in [0.2, 0.25) is 0 Å². The zero-order valence-corrected chi connectivity index (χ0v) is 17.3. The summed E-state index contributed by atoms with van der Waals surface area (Å²) in [6.07, 6.45) is 3.14. The number of hydrogen-bond donors (Lipinski definition) is 2. The molecule has 0 unspecified atom stereocenters. The highest BCUT2D eigenvalue weighted by molar-refractivity contribution is 6.07. The van der Waals surface area contributed by atoms with Crippen LogP contribution in [0, 0.1) is 0 Å². The van der Waals surface area contributed by atoms with Crippen molar-refractivity contribution in [2.24, 2.45) is 0 Å². The number of nitrogens with one attached hydrogen (secondary N) is 2.